The molecule has 3 heteroatoms. The molecule has 0 aromatic carbocycles. The lowest BCUT2D eigenvalue weighted by Crippen LogP contribution is -2.25. The van der Waals surface area contributed by atoms with Gasteiger partial charge in [0.05, 0.1) is 0 Å². The van der Waals surface area contributed by atoms with Crippen LogP contribution in [0.2, 0.25) is 0 Å². The molecular formula is C9H21NOS. The molecule has 0 amide bonds. The Kier molecular flexibility index (Phi) is 6.67. The third-order valence-corrected chi connectivity index (χ3v) is 4.14. The van der Waals surface area contributed by atoms with Crippen molar-refractivity contribution in [2.45, 2.75) is 44.9 Å². The molecular weight excluding hydrogens is 170 g/mol. The van der Waals surface area contributed by atoms with Gasteiger partial charge in [-0.3, -0.25) is 4.21 Å². The summed E-state index contributed by atoms with van der Waals surface area (Å²) in [6, 6.07) is 0.484. The second-order valence-electron chi connectivity index (χ2n) is 3.28. The first-order valence-corrected chi connectivity index (χ1v) is 6.04. The molecule has 3 atom stereocenters. The Labute approximate surface area is 78.6 Å². The molecule has 12 heavy (non-hydrogen) atoms. The van der Waals surface area contributed by atoms with Crippen molar-refractivity contribution in [2.24, 2.45) is 0 Å². The molecule has 0 saturated heterocycles. The first kappa shape index (κ1) is 12.1. The highest BCUT2D eigenvalue weighted by Crippen LogP contribution is 2.03. The van der Waals surface area contributed by atoms with Crippen molar-refractivity contribution in [1.29, 1.82) is 0 Å². The van der Waals surface area contributed by atoms with E-state index in [1.165, 1.54) is 0 Å². The molecule has 0 saturated carbocycles. The molecule has 0 fully saturated rings. The second kappa shape index (κ2) is 6.61. The van der Waals surface area contributed by atoms with Gasteiger partial charge in [0.2, 0.25) is 0 Å². The molecule has 0 aliphatic heterocycles. The summed E-state index contributed by atoms with van der Waals surface area (Å²) < 4.78 is 11.5. The molecule has 0 heterocycles. The zero-order valence-electron chi connectivity index (χ0n) is 8.59. The average molecular weight is 191 g/mol. The Morgan fingerprint density at radius 3 is 2.42 bits per heavy atom. The topological polar surface area (TPSA) is 29.1 Å². The van der Waals surface area contributed by atoms with Crippen molar-refractivity contribution in [2.75, 3.05) is 12.8 Å². The van der Waals surface area contributed by atoms with Gasteiger partial charge in [0.25, 0.3) is 0 Å². The molecule has 0 aliphatic carbocycles. The minimum atomic E-state index is -0.627. The largest absolute Gasteiger partial charge is 0.317 e. The van der Waals surface area contributed by atoms with Crippen LogP contribution in [0.15, 0.2) is 0 Å². The lowest BCUT2D eigenvalue weighted by molar-refractivity contribution is 0.589. The lowest BCUT2D eigenvalue weighted by atomic mass is 10.3. The fraction of sp³-hybridized carbons (Fsp3) is 1.00. The molecule has 0 spiro atoms. The zero-order valence-corrected chi connectivity index (χ0v) is 9.41. The molecule has 0 bridgehead atoms. The van der Waals surface area contributed by atoms with Crippen LogP contribution < -0.4 is 5.32 Å². The molecule has 0 aliphatic rings. The van der Waals surface area contributed by atoms with Gasteiger partial charge in [-0.15, -0.1) is 0 Å². The van der Waals surface area contributed by atoms with Gasteiger partial charge in [-0.2, -0.15) is 0 Å². The normalized spacial score (nSPS) is 18.7. The number of nitrogens with one attached hydrogen (secondary N) is 1. The Hall–Kier alpha value is 0.110. The van der Waals surface area contributed by atoms with Crippen LogP contribution in [0.25, 0.3) is 0 Å². The Bertz CT molecular complexity index is 138. The van der Waals surface area contributed by atoms with Gasteiger partial charge in [-0.1, -0.05) is 13.8 Å². The third-order valence-electron chi connectivity index (χ3n) is 2.27. The van der Waals surface area contributed by atoms with E-state index in [1.807, 2.05) is 7.05 Å². The van der Waals surface area contributed by atoms with Crippen LogP contribution in [-0.4, -0.2) is 28.3 Å². The van der Waals surface area contributed by atoms with Gasteiger partial charge in [0.15, 0.2) is 0 Å². The SMILES string of the molecule is CCC(C)S(=O)CCC(C)NC. The number of hydrogen-bond donors (Lipinski definition) is 1. The summed E-state index contributed by atoms with van der Waals surface area (Å²) in [5, 5.41) is 3.50. The third kappa shape index (κ3) is 4.88. The molecule has 74 valence electrons. The van der Waals surface area contributed by atoms with E-state index in [0.717, 1.165) is 18.6 Å². The monoisotopic (exact) mass is 191 g/mol. The fourth-order valence-corrected chi connectivity index (χ4v) is 2.18. The number of hydrogen-bond acceptors (Lipinski definition) is 2. The summed E-state index contributed by atoms with van der Waals surface area (Å²) in [6.07, 6.45) is 2.02. The van der Waals surface area contributed by atoms with Gasteiger partial charge < -0.3 is 5.32 Å². The molecule has 0 rings (SSSR count). The maximum absolute atomic E-state index is 11.5. The van der Waals surface area contributed by atoms with Crippen LogP contribution in [0.5, 0.6) is 0 Å². The predicted octanol–water partition coefficient (Wildman–Crippen LogP) is 1.53. The van der Waals surface area contributed by atoms with Crippen molar-refractivity contribution in [3.63, 3.8) is 0 Å². The van der Waals surface area contributed by atoms with Crippen molar-refractivity contribution in [1.82, 2.24) is 5.32 Å². The highest BCUT2D eigenvalue weighted by atomic mass is 32.2. The van der Waals surface area contributed by atoms with Gasteiger partial charge >= 0.3 is 0 Å². The van der Waals surface area contributed by atoms with E-state index in [2.05, 4.69) is 26.1 Å². The Balaban J connectivity index is 3.56. The van der Waals surface area contributed by atoms with Crippen LogP contribution in [0.4, 0.5) is 0 Å². The Morgan fingerprint density at radius 2 is 2.00 bits per heavy atom. The van der Waals surface area contributed by atoms with Crippen molar-refractivity contribution < 1.29 is 4.21 Å². The summed E-state index contributed by atoms with van der Waals surface area (Å²) in [5.41, 5.74) is 0. The Morgan fingerprint density at radius 1 is 1.42 bits per heavy atom. The molecule has 2 nitrogen and oxygen atoms in total. The minimum absolute atomic E-state index is 0.356. The van der Waals surface area contributed by atoms with Crippen molar-refractivity contribution in [3.8, 4) is 0 Å². The average Bonchev–Trinajstić information content (AvgIpc) is 2.11. The van der Waals surface area contributed by atoms with Gasteiger partial charge in [0, 0.05) is 27.8 Å². The molecule has 3 unspecified atom stereocenters. The smallest absolute Gasteiger partial charge is 0.0317 e. The summed E-state index contributed by atoms with van der Waals surface area (Å²) in [4.78, 5) is 0. The molecule has 0 aromatic rings. The van der Waals surface area contributed by atoms with Gasteiger partial charge in [-0.25, -0.2) is 0 Å². The van der Waals surface area contributed by atoms with Crippen LogP contribution in [0.1, 0.15) is 33.6 Å². The molecule has 0 radical (unpaired) electrons. The predicted molar refractivity (Wildman–Crippen MR) is 55.9 cm³/mol. The standard InChI is InChI=1S/C9H21NOS/c1-5-9(3)12(11)7-6-8(2)10-4/h8-10H,5-7H2,1-4H3. The van der Waals surface area contributed by atoms with E-state index in [0.29, 0.717) is 11.3 Å². The first-order chi connectivity index (χ1) is 5.61. The van der Waals surface area contributed by atoms with E-state index in [9.17, 15) is 4.21 Å². The highest BCUT2D eigenvalue weighted by Gasteiger charge is 2.09. The highest BCUT2D eigenvalue weighted by molar-refractivity contribution is 7.85. The maximum atomic E-state index is 11.5. The fourth-order valence-electron chi connectivity index (χ4n) is 0.824. The van der Waals surface area contributed by atoms with Crippen LogP contribution in [0, 0.1) is 0 Å². The molecule has 0 aromatic heterocycles. The summed E-state index contributed by atoms with van der Waals surface area (Å²) >= 11 is 0. The van der Waals surface area contributed by atoms with Gasteiger partial charge in [0.1, 0.15) is 0 Å². The second-order valence-corrected chi connectivity index (χ2v) is 5.26. The quantitative estimate of drug-likeness (QED) is 0.690. The number of rotatable bonds is 6. The van der Waals surface area contributed by atoms with E-state index in [-0.39, 0.29) is 0 Å². The van der Waals surface area contributed by atoms with E-state index < -0.39 is 10.8 Å². The summed E-state index contributed by atoms with van der Waals surface area (Å²) in [5.74, 6) is 0.830. The van der Waals surface area contributed by atoms with E-state index in [4.69, 9.17) is 0 Å². The summed E-state index contributed by atoms with van der Waals surface area (Å²) in [7, 11) is 1.31. The lowest BCUT2D eigenvalue weighted by Gasteiger charge is -2.12. The van der Waals surface area contributed by atoms with Crippen LogP contribution >= 0.6 is 0 Å². The summed E-state index contributed by atoms with van der Waals surface area (Å²) in [6.45, 7) is 6.26. The van der Waals surface area contributed by atoms with E-state index >= 15 is 0 Å². The van der Waals surface area contributed by atoms with E-state index in [1.54, 1.807) is 0 Å². The van der Waals surface area contributed by atoms with Crippen LogP contribution in [0.3, 0.4) is 0 Å². The maximum Gasteiger partial charge on any atom is 0.0317 e. The zero-order chi connectivity index (χ0) is 9.56. The minimum Gasteiger partial charge on any atom is -0.317 e. The van der Waals surface area contributed by atoms with Crippen LogP contribution in [-0.2, 0) is 10.8 Å². The molecule has 1 N–H and O–H groups in total. The van der Waals surface area contributed by atoms with Gasteiger partial charge in [-0.05, 0) is 26.8 Å². The first-order valence-electron chi connectivity index (χ1n) is 4.66. The van der Waals surface area contributed by atoms with Crippen molar-refractivity contribution in [3.05, 3.63) is 0 Å². The van der Waals surface area contributed by atoms with Crippen molar-refractivity contribution >= 4 is 10.8 Å².